The third kappa shape index (κ3) is 3.92. The van der Waals surface area contributed by atoms with Crippen molar-refractivity contribution in [3.05, 3.63) is 56.6 Å². The van der Waals surface area contributed by atoms with Crippen molar-refractivity contribution in [2.45, 2.75) is 26.7 Å². The van der Waals surface area contributed by atoms with Crippen LogP contribution in [0.3, 0.4) is 0 Å². The molecule has 0 fully saturated rings. The maximum atomic E-state index is 5.18. The minimum Gasteiger partial charge on any atom is -0.250 e. The molecule has 8 nitrogen and oxygen atoms in total. The Labute approximate surface area is 160 Å². The summed E-state index contributed by atoms with van der Waals surface area (Å²) in [6.07, 6.45) is 4.98. The van der Waals surface area contributed by atoms with E-state index in [9.17, 15) is 0 Å². The van der Waals surface area contributed by atoms with Gasteiger partial charge in [0.2, 0.25) is 9.54 Å². The van der Waals surface area contributed by atoms with Crippen LogP contribution in [0.4, 0.5) is 0 Å². The lowest BCUT2D eigenvalue weighted by atomic mass is 10.2. The molecule has 0 aliphatic carbocycles. The number of rotatable bonds is 6. The molecule has 0 amide bonds. The first-order valence-corrected chi connectivity index (χ1v) is 8.95. The number of benzene rings is 1. The lowest BCUT2D eigenvalue weighted by Gasteiger charge is -1.99. The van der Waals surface area contributed by atoms with Gasteiger partial charge in [-0.25, -0.2) is 0 Å². The number of nitrogens with one attached hydrogen (secondary N) is 2. The van der Waals surface area contributed by atoms with E-state index in [4.69, 9.17) is 24.4 Å². The molecule has 0 atom stereocenters. The Kier molecular flexibility index (Phi) is 5.64. The number of nitrogens with zero attached hydrogens (tertiary/aromatic N) is 6. The van der Waals surface area contributed by atoms with Crippen LogP contribution >= 0.6 is 24.4 Å². The summed E-state index contributed by atoms with van der Waals surface area (Å²) in [5.41, 5.74) is 1.89. The number of aromatic amines is 2. The zero-order chi connectivity index (χ0) is 18.5. The van der Waals surface area contributed by atoms with Crippen molar-refractivity contribution in [2.24, 2.45) is 10.2 Å². The molecular formula is C16H18N8S2. The van der Waals surface area contributed by atoms with Gasteiger partial charge in [0.25, 0.3) is 0 Å². The second-order valence-corrected chi connectivity index (χ2v) is 6.15. The first-order chi connectivity index (χ1) is 12.6. The third-order valence-electron chi connectivity index (χ3n) is 3.65. The fraction of sp³-hybridized carbons (Fsp3) is 0.250. The fourth-order valence-electron chi connectivity index (χ4n) is 2.26. The molecule has 0 unspecified atom stereocenters. The first kappa shape index (κ1) is 18.1. The summed E-state index contributed by atoms with van der Waals surface area (Å²) in [6.45, 7) is 4.00. The van der Waals surface area contributed by atoms with Crippen molar-refractivity contribution in [3.8, 4) is 0 Å². The van der Waals surface area contributed by atoms with Crippen molar-refractivity contribution in [1.29, 1.82) is 0 Å². The molecule has 0 bridgehead atoms. The van der Waals surface area contributed by atoms with E-state index in [0.717, 1.165) is 35.6 Å². The summed E-state index contributed by atoms with van der Waals surface area (Å²) in [7, 11) is 0. The monoisotopic (exact) mass is 386 g/mol. The standard InChI is InChI=1S/C16H18N8S2/c1-3-13-19-21-15(25)23(13)17-9-11-5-7-12(8-6-11)10-18-24-14(4-2)20-22-16(24)26/h5-10H,3-4H2,1-2H3,(H,21,25)(H,22,26). The van der Waals surface area contributed by atoms with E-state index in [0.29, 0.717) is 9.54 Å². The quantitative estimate of drug-likeness (QED) is 0.503. The molecule has 0 saturated carbocycles. The Morgan fingerprint density at radius 2 is 1.23 bits per heavy atom. The molecule has 0 aliphatic rings. The molecule has 3 rings (SSSR count). The van der Waals surface area contributed by atoms with Crippen LogP contribution in [0.2, 0.25) is 0 Å². The molecule has 3 aromatic rings. The molecule has 1 aromatic carbocycles. The Bertz CT molecular complexity index is 964. The Hall–Kier alpha value is -2.72. The lowest BCUT2D eigenvalue weighted by Crippen LogP contribution is -1.98. The van der Waals surface area contributed by atoms with Gasteiger partial charge in [-0.2, -0.15) is 29.8 Å². The molecule has 134 valence electrons. The maximum absolute atomic E-state index is 5.18. The molecule has 0 saturated heterocycles. The van der Waals surface area contributed by atoms with Gasteiger partial charge in [-0.3, -0.25) is 10.2 Å². The van der Waals surface area contributed by atoms with Crippen LogP contribution in [0.5, 0.6) is 0 Å². The van der Waals surface area contributed by atoms with Crippen LogP contribution in [-0.2, 0) is 12.8 Å². The molecular weight excluding hydrogens is 368 g/mol. The summed E-state index contributed by atoms with van der Waals surface area (Å²) in [4.78, 5) is 0. The van der Waals surface area contributed by atoms with E-state index in [2.05, 4.69) is 30.6 Å². The van der Waals surface area contributed by atoms with Crippen LogP contribution < -0.4 is 0 Å². The van der Waals surface area contributed by atoms with E-state index in [-0.39, 0.29) is 0 Å². The Morgan fingerprint density at radius 3 is 1.58 bits per heavy atom. The van der Waals surface area contributed by atoms with Gasteiger partial charge in [0, 0.05) is 12.8 Å². The van der Waals surface area contributed by atoms with Crippen molar-refractivity contribution >= 4 is 36.9 Å². The summed E-state index contributed by atoms with van der Waals surface area (Å²) in [6, 6.07) is 7.82. The molecule has 2 aromatic heterocycles. The SMILES string of the molecule is CCc1n[nH]c(=S)n1N=Cc1ccc(C=Nn2c(CC)n[nH]c2=S)cc1. The van der Waals surface area contributed by atoms with E-state index in [1.54, 1.807) is 21.8 Å². The van der Waals surface area contributed by atoms with Gasteiger partial charge in [0.05, 0.1) is 12.4 Å². The van der Waals surface area contributed by atoms with E-state index < -0.39 is 0 Å². The van der Waals surface area contributed by atoms with Crippen LogP contribution in [0.25, 0.3) is 0 Å². The second kappa shape index (κ2) is 8.11. The predicted molar refractivity (Wildman–Crippen MR) is 106 cm³/mol. The first-order valence-electron chi connectivity index (χ1n) is 8.13. The third-order valence-corrected chi connectivity index (χ3v) is 4.18. The minimum absolute atomic E-state index is 0.477. The molecule has 0 spiro atoms. The summed E-state index contributed by atoms with van der Waals surface area (Å²) < 4.78 is 4.20. The van der Waals surface area contributed by atoms with Crippen LogP contribution in [0.15, 0.2) is 34.5 Å². The minimum atomic E-state index is 0.477. The second-order valence-electron chi connectivity index (χ2n) is 5.38. The number of H-pyrrole nitrogens is 2. The molecule has 2 heterocycles. The lowest BCUT2D eigenvalue weighted by molar-refractivity contribution is 0.780. The fourth-order valence-corrected chi connectivity index (χ4v) is 2.66. The predicted octanol–water partition coefficient (Wildman–Crippen LogP) is 3.08. The highest BCUT2D eigenvalue weighted by molar-refractivity contribution is 7.71. The smallest absolute Gasteiger partial charge is 0.216 e. The van der Waals surface area contributed by atoms with Gasteiger partial charge in [0.1, 0.15) is 0 Å². The Balaban J connectivity index is 1.76. The largest absolute Gasteiger partial charge is 0.250 e. The molecule has 10 heteroatoms. The van der Waals surface area contributed by atoms with Gasteiger partial charge in [-0.1, -0.05) is 38.1 Å². The highest BCUT2D eigenvalue weighted by Gasteiger charge is 2.02. The number of hydrogen-bond donors (Lipinski definition) is 2. The van der Waals surface area contributed by atoms with Gasteiger partial charge in [0.15, 0.2) is 11.6 Å². The van der Waals surface area contributed by atoms with E-state index in [1.165, 1.54) is 0 Å². The molecule has 0 radical (unpaired) electrons. The summed E-state index contributed by atoms with van der Waals surface area (Å²) >= 11 is 10.4. The Morgan fingerprint density at radius 1 is 0.846 bits per heavy atom. The highest BCUT2D eigenvalue weighted by atomic mass is 32.1. The summed E-state index contributed by atoms with van der Waals surface area (Å²) in [5, 5.41) is 22.5. The van der Waals surface area contributed by atoms with Gasteiger partial charge in [-0.05, 0) is 35.6 Å². The number of aromatic nitrogens is 6. The van der Waals surface area contributed by atoms with Crippen LogP contribution in [0.1, 0.15) is 36.6 Å². The zero-order valence-corrected chi connectivity index (χ0v) is 16.0. The topological polar surface area (TPSA) is 91.9 Å². The molecule has 2 N–H and O–H groups in total. The van der Waals surface area contributed by atoms with Gasteiger partial charge < -0.3 is 0 Å². The van der Waals surface area contributed by atoms with E-state index >= 15 is 0 Å². The number of aryl methyl sites for hydroxylation is 2. The number of hydrogen-bond acceptors (Lipinski definition) is 6. The van der Waals surface area contributed by atoms with Crippen molar-refractivity contribution < 1.29 is 0 Å². The zero-order valence-electron chi connectivity index (χ0n) is 14.4. The van der Waals surface area contributed by atoms with Crippen LogP contribution in [0, 0.1) is 9.54 Å². The maximum Gasteiger partial charge on any atom is 0.216 e. The van der Waals surface area contributed by atoms with Gasteiger partial charge >= 0.3 is 0 Å². The van der Waals surface area contributed by atoms with Crippen molar-refractivity contribution in [3.63, 3.8) is 0 Å². The average molecular weight is 387 g/mol. The van der Waals surface area contributed by atoms with Crippen molar-refractivity contribution in [1.82, 2.24) is 29.7 Å². The average Bonchev–Trinajstić information content (AvgIpc) is 3.20. The van der Waals surface area contributed by atoms with Crippen LogP contribution in [-0.4, -0.2) is 42.2 Å². The molecule has 0 aliphatic heterocycles. The summed E-state index contributed by atoms with van der Waals surface area (Å²) in [5.74, 6) is 1.58. The normalized spacial score (nSPS) is 11.8. The highest BCUT2D eigenvalue weighted by Crippen LogP contribution is 2.04. The molecule has 26 heavy (non-hydrogen) atoms. The van der Waals surface area contributed by atoms with Crippen molar-refractivity contribution in [2.75, 3.05) is 0 Å². The van der Waals surface area contributed by atoms with Gasteiger partial charge in [-0.15, -0.1) is 0 Å². The van der Waals surface area contributed by atoms with E-state index in [1.807, 2.05) is 38.1 Å².